The van der Waals surface area contributed by atoms with Gasteiger partial charge < -0.3 is 10.2 Å². The minimum Gasteiger partial charge on any atom is -0.481 e. The molecule has 0 saturated heterocycles. The van der Waals surface area contributed by atoms with Gasteiger partial charge in [0.15, 0.2) is 0 Å². The lowest BCUT2D eigenvalue weighted by Crippen LogP contribution is -2.21. The molecule has 0 aromatic heterocycles. The van der Waals surface area contributed by atoms with Crippen LogP contribution in [0.2, 0.25) is 0 Å². The van der Waals surface area contributed by atoms with Crippen molar-refractivity contribution in [2.75, 3.05) is 0 Å². The van der Waals surface area contributed by atoms with Gasteiger partial charge in [-0.2, -0.15) is 0 Å². The van der Waals surface area contributed by atoms with Crippen LogP contribution in [0.3, 0.4) is 0 Å². The topological polar surface area (TPSA) is 57.5 Å². The highest BCUT2D eigenvalue weighted by Gasteiger charge is 2.23. The van der Waals surface area contributed by atoms with E-state index in [1.165, 1.54) is 5.57 Å². The molecule has 3 atom stereocenters. The second-order valence-corrected chi connectivity index (χ2v) is 5.41. The summed E-state index contributed by atoms with van der Waals surface area (Å²) in [5, 5.41) is 19.0. The molecule has 0 saturated carbocycles. The maximum Gasteiger partial charge on any atom is 0.306 e. The zero-order chi connectivity index (χ0) is 13.7. The molecule has 0 aromatic rings. The lowest BCUT2D eigenvalue weighted by Gasteiger charge is -2.22. The Bertz CT molecular complexity index is 355. The first kappa shape index (κ1) is 15.0. The Balaban J connectivity index is 2.84. The third-order valence-corrected chi connectivity index (χ3v) is 3.96. The van der Waals surface area contributed by atoms with E-state index in [4.69, 9.17) is 5.11 Å². The van der Waals surface area contributed by atoms with Crippen LogP contribution in [0.5, 0.6) is 0 Å². The SMILES string of the molecule is C/C1=C\CC(O)/C(C)=C/CC([C@H](C)C(=O)O)CC1. The van der Waals surface area contributed by atoms with Gasteiger partial charge in [0.05, 0.1) is 12.0 Å². The van der Waals surface area contributed by atoms with Crippen molar-refractivity contribution in [1.29, 1.82) is 0 Å². The fourth-order valence-electron chi connectivity index (χ4n) is 2.26. The third-order valence-electron chi connectivity index (χ3n) is 3.96. The second kappa shape index (κ2) is 6.74. The van der Waals surface area contributed by atoms with E-state index < -0.39 is 12.1 Å². The molecule has 18 heavy (non-hydrogen) atoms. The van der Waals surface area contributed by atoms with Gasteiger partial charge in [-0.05, 0) is 51.0 Å². The maximum absolute atomic E-state index is 11.1. The van der Waals surface area contributed by atoms with Crippen LogP contribution in [0.15, 0.2) is 23.3 Å². The summed E-state index contributed by atoms with van der Waals surface area (Å²) in [5.74, 6) is -0.921. The maximum atomic E-state index is 11.1. The number of carbonyl (C=O) groups is 1. The highest BCUT2D eigenvalue weighted by molar-refractivity contribution is 5.69. The van der Waals surface area contributed by atoms with E-state index in [1.807, 2.05) is 13.0 Å². The predicted octanol–water partition coefficient (Wildman–Crippen LogP) is 3.15. The van der Waals surface area contributed by atoms with E-state index >= 15 is 0 Å². The van der Waals surface area contributed by atoms with E-state index in [-0.39, 0.29) is 11.8 Å². The number of aliphatic carboxylic acids is 1. The number of rotatable bonds is 2. The van der Waals surface area contributed by atoms with Gasteiger partial charge in [0.25, 0.3) is 0 Å². The minimum absolute atomic E-state index is 0.145. The molecule has 0 amide bonds. The van der Waals surface area contributed by atoms with Gasteiger partial charge in [-0.25, -0.2) is 0 Å². The molecule has 0 heterocycles. The minimum atomic E-state index is -0.731. The molecule has 0 spiro atoms. The number of carboxylic acid groups (broad SMARTS) is 1. The molecule has 1 aliphatic carbocycles. The normalized spacial score (nSPS) is 33.8. The molecule has 102 valence electrons. The van der Waals surface area contributed by atoms with E-state index in [2.05, 4.69) is 13.0 Å². The smallest absolute Gasteiger partial charge is 0.306 e. The predicted molar refractivity (Wildman–Crippen MR) is 72.3 cm³/mol. The summed E-state index contributed by atoms with van der Waals surface area (Å²) in [7, 11) is 0. The first-order valence-electron chi connectivity index (χ1n) is 6.65. The number of hydrogen-bond acceptors (Lipinski definition) is 2. The average molecular weight is 252 g/mol. The molecule has 0 aromatic carbocycles. The van der Waals surface area contributed by atoms with Gasteiger partial charge >= 0.3 is 5.97 Å². The molecule has 2 N–H and O–H groups in total. The van der Waals surface area contributed by atoms with Gasteiger partial charge in [0.1, 0.15) is 0 Å². The quantitative estimate of drug-likeness (QED) is 0.742. The Kier molecular flexibility index (Phi) is 5.60. The highest BCUT2D eigenvalue weighted by atomic mass is 16.4. The van der Waals surface area contributed by atoms with E-state index in [9.17, 15) is 9.90 Å². The first-order chi connectivity index (χ1) is 8.41. The molecule has 0 fully saturated rings. The fraction of sp³-hybridized carbons (Fsp3) is 0.667. The van der Waals surface area contributed by atoms with Crippen LogP contribution < -0.4 is 0 Å². The highest BCUT2D eigenvalue weighted by Crippen LogP contribution is 2.27. The Morgan fingerprint density at radius 1 is 1.33 bits per heavy atom. The van der Waals surface area contributed by atoms with Crippen molar-refractivity contribution in [3.8, 4) is 0 Å². The summed E-state index contributed by atoms with van der Waals surface area (Å²) < 4.78 is 0. The summed E-state index contributed by atoms with van der Waals surface area (Å²) in [5.41, 5.74) is 2.19. The van der Waals surface area contributed by atoms with Crippen LogP contribution in [-0.2, 0) is 4.79 Å². The molecule has 1 aliphatic rings. The van der Waals surface area contributed by atoms with Crippen LogP contribution in [0.25, 0.3) is 0 Å². The van der Waals surface area contributed by atoms with Crippen molar-refractivity contribution in [3.63, 3.8) is 0 Å². The molecule has 0 bridgehead atoms. The fourth-order valence-corrected chi connectivity index (χ4v) is 2.26. The van der Waals surface area contributed by atoms with E-state index in [0.717, 1.165) is 24.8 Å². The summed E-state index contributed by atoms with van der Waals surface area (Å²) in [6.07, 6.45) is 6.85. The molecule has 0 aliphatic heterocycles. The molecule has 1 rings (SSSR count). The number of aliphatic hydroxyl groups is 1. The number of allylic oxidation sites excluding steroid dienone is 2. The number of aliphatic hydroxyl groups excluding tert-OH is 1. The largest absolute Gasteiger partial charge is 0.481 e. The van der Waals surface area contributed by atoms with Gasteiger partial charge in [0.2, 0.25) is 0 Å². The number of carboxylic acids is 1. The van der Waals surface area contributed by atoms with Crippen molar-refractivity contribution < 1.29 is 15.0 Å². The van der Waals surface area contributed by atoms with Gasteiger partial charge in [-0.15, -0.1) is 0 Å². The van der Waals surface area contributed by atoms with Crippen LogP contribution in [0.4, 0.5) is 0 Å². The molecule has 3 heteroatoms. The standard InChI is InChI=1S/C15H24O3/c1-10-4-7-13(12(3)15(17)18)8-6-11(2)14(16)9-5-10/h5-6,12-14,16H,4,7-9H2,1-3H3,(H,17,18)/b10-5+,11-6+/t12-,13?,14?/m0/s1. The second-order valence-electron chi connectivity index (χ2n) is 5.41. The lowest BCUT2D eigenvalue weighted by atomic mass is 9.84. The van der Waals surface area contributed by atoms with Crippen molar-refractivity contribution in [2.45, 2.75) is 52.6 Å². The van der Waals surface area contributed by atoms with Crippen molar-refractivity contribution >= 4 is 5.97 Å². The van der Waals surface area contributed by atoms with Crippen LogP contribution >= 0.6 is 0 Å². The molecular formula is C15H24O3. The lowest BCUT2D eigenvalue weighted by molar-refractivity contribution is -0.143. The molecule has 0 radical (unpaired) electrons. The van der Waals surface area contributed by atoms with Crippen molar-refractivity contribution in [1.82, 2.24) is 0 Å². The van der Waals surface area contributed by atoms with Crippen LogP contribution in [0.1, 0.15) is 46.5 Å². The summed E-state index contributed by atoms with van der Waals surface area (Å²) in [6, 6.07) is 0. The number of hydrogen-bond donors (Lipinski definition) is 2. The Labute approximate surface area is 109 Å². The van der Waals surface area contributed by atoms with Gasteiger partial charge in [-0.1, -0.05) is 24.6 Å². The zero-order valence-electron chi connectivity index (χ0n) is 11.5. The van der Waals surface area contributed by atoms with Crippen LogP contribution in [0, 0.1) is 11.8 Å². The van der Waals surface area contributed by atoms with E-state index in [0.29, 0.717) is 6.42 Å². The Hall–Kier alpha value is -1.09. The zero-order valence-corrected chi connectivity index (χ0v) is 11.5. The Morgan fingerprint density at radius 3 is 2.61 bits per heavy atom. The monoisotopic (exact) mass is 252 g/mol. The summed E-state index contributed by atoms with van der Waals surface area (Å²) in [6.45, 7) is 5.74. The molecule has 2 unspecified atom stereocenters. The molecular weight excluding hydrogens is 228 g/mol. The van der Waals surface area contributed by atoms with Gasteiger partial charge in [-0.3, -0.25) is 4.79 Å². The third kappa shape index (κ3) is 4.30. The first-order valence-corrected chi connectivity index (χ1v) is 6.65. The summed E-state index contributed by atoms with van der Waals surface area (Å²) >= 11 is 0. The molecule has 3 nitrogen and oxygen atoms in total. The van der Waals surface area contributed by atoms with E-state index in [1.54, 1.807) is 6.92 Å². The van der Waals surface area contributed by atoms with Crippen molar-refractivity contribution in [3.05, 3.63) is 23.3 Å². The van der Waals surface area contributed by atoms with Crippen LogP contribution in [-0.4, -0.2) is 22.3 Å². The average Bonchev–Trinajstić information content (AvgIpc) is 2.33. The van der Waals surface area contributed by atoms with Gasteiger partial charge in [0, 0.05) is 0 Å². The van der Waals surface area contributed by atoms with Crippen molar-refractivity contribution in [2.24, 2.45) is 11.8 Å². The summed E-state index contributed by atoms with van der Waals surface area (Å²) in [4.78, 5) is 11.1. The Morgan fingerprint density at radius 2 is 2.00 bits per heavy atom.